The average Bonchev–Trinajstić information content (AvgIpc) is 3.02. The third-order valence-electron chi connectivity index (χ3n) is 8.72. The van der Waals surface area contributed by atoms with E-state index in [0.29, 0.717) is 29.9 Å². The minimum atomic E-state index is -1.11. The first kappa shape index (κ1) is 28.7. The monoisotopic (exact) mass is 558 g/mol. The Labute approximate surface area is 240 Å². The van der Waals surface area contributed by atoms with E-state index in [0.717, 1.165) is 18.4 Å². The van der Waals surface area contributed by atoms with Crippen molar-refractivity contribution in [2.24, 2.45) is 5.41 Å². The molecule has 1 saturated carbocycles. The Hall–Kier alpha value is -3.86. The number of aliphatic hydroxyl groups excluding tert-OH is 1. The van der Waals surface area contributed by atoms with Crippen molar-refractivity contribution in [2.45, 2.75) is 50.4 Å². The zero-order chi connectivity index (χ0) is 29.2. The molecular formula is C31H38N6O4. The first-order valence-corrected chi connectivity index (χ1v) is 14.0. The molecule has 1 aromatic heterocycles. The van der Waals surface area contributed by atoms with Gasteiger partial charge in [-0.2, -0.15) is 0 Å². The number of ketones is 1. The Morgan fingerprint density at radius 3 is 2.56 bits per heavy atom. The summed E-state index contributed by atoms with van der Waals surface area (Å²) in [4.78, 5) is 49.0. The molecule has 0 bridgehead atoms. The Morgan fingerprint density at radius 1 is 1.15 bits per heavy atom. The average molecular weight is 559 g/mol. The van der Waals surface area contributed by atoms with Gasteiger partial charge in [-0.25, -0.2) is 4.79 Å². The number of urea groups is 1. The molecule has 1 fully saturated rings. The molecule has 0 radical (unpaired) electrons. The number of para-hydroxylation sites is 1. The van der Waals surface area contributed by atoms with E-state index >= 15 is 0 Å². The van der Waals surface area contributed by atoms with Gasteiger partial charge in [0.2, 0.25) is 0 Å². The maximum Gasteiger partial charge on any atom is 0.320 e. The first-order chi connectivity index (χ1) is 19.7. The smallest absolute Gasteiger partial charge is 0.320 e. The van der Waals surface area contributed by atoms with Gasteiger partial charge in [0.15, 0.2) is 11.9 Å². The lowest BCUT2D eigenvalue weighted by Gasteiger charge is -2.40. The van der Waals surface area contributed by atoms with Gasteiger partial charge in [-0.15, -0.1) is 0 Å². The van der Waals surface area contributed by atoms with Gasteiger partial charge in [0.1, 0.15) is 0 Å². The molecule has 1 aliphatic heterocycles. The van der Waals surface area contributed by atoms with E-state index in [4.69, 9.17) is 0 Å². The Bertz CT molecular complexity index is 1370. The van der Waals surface area contributed by atoms with Gasteiger partial charge < -0.3 is 26.0 Å². The number of Topliss-reactive ketones (excluding diaryl/α,β-unsaturated/α-hetero) is 1. The van der Waals surface area contributed by atoms with Crippen LogP contribution in [0.15, 0.2) is 72.6 Å². The molecule has 5 rings (SSSR count). The predicted molar refractivity (Wildman–Crippen MR) is 156 cm³/mol. The summed E-state index contributed by atoms with van der Waals surface area (Å²) in [6.45, 7) is 1.58. The summed E-state index contributed by atoms with van der Waals surface area (Å²) in [5.41, 5.74) is 1.54. The van der Waals surface area contributed by atoms with Crippen LogP contribution in [0.2, 0.25) is 0 Å². The van der Waals surface area contributed by atoms with Crippen LogP contribution in [-0.4, -0.2) is 71.7 Å². The highest BCUT2D eigenvalue weighted by atomic mass is 16.3. The first-order valence-electron chi connectivity index (χ1n) is 14.0. The van der Waals surface area contributed by atoms with E-state index in [1.54, 1.807) is 18.1 Å². The van der Waals surface area contributed by atoms with Crippen molar-refractivity contribution in [1.82, 2.24) is 25.8 Å². The Kier molecular flexibility index (Phi) is 8.08. The number of pyridine rings is 1. The molecule has 2 heterocycles. The lowest BCUT2D eigenvalue weighted by molar-refractivity contribution is -0.137. The number of hydrogen-bond donors (Lipinski definition) is 4. The van der Waals surface area contributed by atoms with Gasteiger partial charge in [-0.3, -0.25) is 19.5 Å². The number of hydrogen-bond acceptors (Lipinski definition) is 7. The normalized spacial score (nSPS) is 25.4. The summed E-state index contributed by atoms with van der Waals surface area (Å²) < 4.78 is 0. The topological polar surface area (TPSA) is 127 Å². The standard InChI is InChI=1S/C31H38N6O4/c1-30(32-2)14-8-10-21(18-30)34-29(41)35-27-28(40)37(19-25(39)31(20-38)15-9-16-31)24-13-5-4-11-22(24)26(36(27)3)23-12-6-7-17-33-23/h4-8,10-13,17-18,26-27,32,38H,9,14-16,19-20H2,1-3H3,(H2,34,35,41). The highest BCUT2D eigenvalue weighted by molar-refractivity contribution is 6.05. The molecule has 216 valence electrons. The van der Waals surface area contributed by atoms with E-state index < -0.39 is 29.6 Å². The summed E-state index contributed by atoms with van der Waals surface area (Å²) in [5.74, 6) is -0.622. The molecule has 4 N–H and O–H groups in total. The van der Waals surface area contributed by atoms with E-state index in [2.05, 4.69) is 20.9 Å². The number of benzene rings is 1. The zero-order valence-corrected chi connectivity index (χ0v) is 23.8. The van der Waals surface area contributed by atoms with E-state index in [-0.39, 0.29) is 24.5 Å². The molecule has 41 heavy (non-hydrogen) atoms. The second kappa shape index (κ2) is 11.6. The second-order valence-corrected chi connectivity index (χ2v) is 11.4. The maximum absolute atomic E-state index is 14.3. The molecular weight excluding hydrogens is 520 g/mol. The van der Waals surface area contributed by atoms with Crippen molar-refractivity contribution in [3.8, 4) is 0 Å². The van der Waals surface area contributed by atoms with Crippen LogP contribution in [0.1, 0.15) is 49.9 Å². The van der Waals surface area contributed by atoms with Crippen LogP contribution in [0, 0.1) is 5.41 Å². The summed E-state index contributed by atoms with van der Waals surface area (Å²) >= 11 is 0. The lowest BCUT2D eigenvalue weighted by atomic mass is 9.66. The zero-order valence-electron chi connectivity index (χ0n) is 23.8. The van der Waals surface area contributed by atoms with Crippen molar-refractivity contribution < 1.29 is 19.5 Å². The predicted octanol–water partition coefficient (Wildman–Crippen LogP) is 2.63. The molecule has 0 saturated heterocycles. The number of likely N-dealkylation sites (N-methyl/N-ethyl adjacent to an activating group) is 2. The quantitative estimate of drug-likeness (QED) is 0.392. The van der Waals surface area contributed by atoms with Gasteiger partial charge in [0.05, 0.1) is 30.3 Å². The molecule has 2 aromatic rings. The van der Waals surface area contributed by atoms with Gasteiger partial charge >= 0.3 is 6.03 Å². The summed E-state index contributed by atoms with van der Waals surface area (Å²) in [6.07, 6.45) is 9.17. The van der Waals surface area contributed by atoms with E-state index in [1.165, 1.54) is 4.90 Å². The van der Waals surface area contributed by atoms with Crippen LogP contribution >= 0.6 is 0 Å². The van der Waals surface area contributed by atoms with Crippen LogP contribution < -0.4 is 20.9 Å². The van der Waals surface area contributed by atoms with Crippen LogP contribution in [-0.2, 0) is 9.59 Å². The maximum atomic E-state index is 14.3. The molecule has 0 spiro atoms. The van der Waals surface area contributed by atoms with E-state index in [9.17, 15) is 19.5 Å². The van der Waals surface area contributed by atoms with Gasteiger partial charge in [0, 0.05) is 23.1 Å². The number of nitrogens with one attached hydrogen (secondary N) is 3. The summed E-state index contributed by atoms with van der Waals surface area (Å²) in [5, 5.41) is 19.0. The highest BCUT2D eigenvalue weighted by Gasteiger charge is 2.47. The molecule has 2 aliphatic carbocycles. The fourth-order valence-corrected chi connectivity index (χ4v) is 5.87. The van der Waals surface area contributed by atoms with Gasteiger partial charge in [0.25, 0.3) is 5.91 Å². The molecule has 3 aliphatic rings. The Morgan fingerprint density at radius 2 is 1.90 bits per heavy atom. The number of carbonyl (C=O) groups is 3. The van der Waals surface area contributed by atoms with Crippen molar-refractivity contribution >= 4 is 23.4 Å². The summed E-state index contributed by atoms with van der Waals surface area (Å²) in [7, 11) is 3.63. The molecule has 3 atom stereocenters. The Balaban J connectivity index is 1.51. The van der Waals surface area contributed by atoms with Crippen molar-refractivity contribution in [3.63, 3.8) is 0 Å². The van der Waals surface area contributed by atoms with Crippen LogP contribution in [0.25, 0.3) is 0 Å². The molecule has 3 amide bonds. The minimum Gasteiger partial charge on any atom is -0.395 e. The van der Waals surface area contributed by atoms with Gasteiger partial charge in [-0.05, 0) is 76.2 Å². The van der Waals surface area contributed by atoms with Gasteiger partial charge in [-0.1, -0.05) is 36.8 Å². The molecule has 1 aromatic carbocycles. The fourth-order valence-electron chi connectivity index (χ4n) is 5.87. The molecule has 10 nitrogen and oxygen atoms in total. The number of aliphatic hydroxyl groups is 1. The number of allylic oxidation sites excluding steroid dienone is 1. The molecule has 3 unspecified atom stereocenters. The van der Waals surface area contributed by atoms with E-state index in [1.807, 2.05) is 74.7 Å². The van der Waals surface area contributed by atoms with Crippen LogP contribution in [0.5, 0.6) is 0 Å². The van der Waals surface area contributed by atoms with Crippen LogP contribution in [0.4, 0.5) is 10.5 Å². The number of nitrogens with zero attached hydrogens (tertiary/aromatic N) is 3. The van der Waals surface area contributed by atoms with Crippen molar-refractivity contribution in [3.05, 3.63) is 83.8 Å². The largest absolute Gasteiger partial charge is 0.395 e. The number of anilines is 1. The highest BCUT2D eigenvalue weighted by Crippen LogP contribution is 2.43. The lowest BCUT2D eigenvalue weighted by Crippen LogP contribution is -2.59. The number of fused-ring (bicyclic) bond motifs is 1. The number of aromatic nitrogens is 1. The van der Waals surface area contributed by atoms with Crippen LogP contribution in [0.3, 0.4) is 0 Å². The number of carbonyl (C=O) groups excluding carboxylic acids is 3. The number of amides is 3. The molecule has 10 heteroatoms. The third kappa shape index (κ3) is 5.55. The fraction of sp³-hybridized carbons (Fsp3) is 0.419. The SMILES string of the molecule is CNC1(C)C=C(NC(=O)NC2C(=O)N(CC(=O)C3(CO)CCC3)c3ccccc3C(c3ccccn3)N2C)C=CC1. The minimum absolute atomic E-state index is 0.180. The van der Waals surface area contributed by atoms with Crippen molar-refractivity contribution in [1.29, 1.82) is 0 Å². The second-order valence-electron chi connectivity index (χ2n) is 11.4. The third-order valence-corrected chi connectivity index (χ3v) is 8.72. The number of rotatable bonds is 8. The van der Waals surface area contributed by atoms with Crippen molar-refractivity contribution in [2.75, 3.05) is 32.1 Å². The summed E-state index contributed by atoms with van der Waals surface area (Å²) in [6, 6.07) is 12.0.